The van der Waals surface area contributed by atoms with E-state index in [9.17, 15) is 21.9 Å². The smallest absolute Gasteiger partial charge is 0.252 e. The van der Waals surface area contributed by atoms with Gasteiger partial charge in [-0.1, -0.05) is 373 Å². The van der Waals surface area contributed by atoms with E-state index < -0.39 is 114 Å². The number of aromatic nitrogens is 2. The van der Waals surface area contributed by atoms with Crippen molar-refractivity contribution in [2.45, 2.75) is 157 Å². The van der Waals surface area contributed by atoms with Crippen LogP contribution in [0.1, 0.15) is 180 Å². The van der Waals surface area contributed by atoms with Crippen molar-refractivity contribution in [1.82, 2.24) is 9.13 Å². The summed E-state index contributed by atoms with van der Waals surface area (Å²) in [4.78, 5) is 4.76. The van der Waals surface area contributed by atoms with E-state index >= 15 is 0 Å². The van der Waals surface area contributed by atoms with Gasteiger partial charge in [0, 0.05) is 77.9 Å². The van der Waals surface area contributed by atoms with Gasteiger partial charge in [0.15, 0.2) is 0 Å². The quantitative estimate of drug-likeness (QED) is 0.120. The summed E-state index contributed by atoms with van der Waals surface area (Å²) < 4.78 is 158. The second-order valence-corrected chi connectivity index (χ2v) is 40.3. The van der Waals surface area contributed by atoms with E-state index in [0.29, 0.717) is 34.1 Å². The predicted molar refractivity (Wildman–Crippen MR) is 539 cm³/mol. The number of nitrogens with zero attached hydrogens (tertiary/aromatic N) is 4. The molecular formula is C120H111BN4. The van der Waals surface area contributed by atoms with Crippen LogP contribution in [-0.2, 0) is 32.5 Å². The topological polar surface area (TPSA) is 16.3 Å². The molecule has 0 atom stereocenters. The molecule has 4 nitrogen and oxygen atoms in total. The minimum atomic E-state index is -0.846. The molecule has 0 spiro atoms. The predicted octanol–water partition coefficient (Wildman–Crippen LogP) is 31.4. The first-order valence-corrected chi connectivity index (χ1v) is 43.6. The van der Waals surface area contributed by atoms with E-state index in [2.05, 4.69) is 316 Å². The van der Waals surface area contributed by atoms with Gasteiger partial charge in [-0.05, 0) is 235 Å². The fourth-order valence-corrected chi connectivity index (χ4v) is 18.7. The molecule has 0 aliphatic carbocycles. The Labute approximate surface area is 762 Å². The largest absolute Gasteiger partial charge is 0.310 e. The van der Waals surface area contributed by atoms with Gasteiger partial charge >= 0.3 is 0 Å². The average Bonchev–Trinajstić information content (AvgIpc) is 1.68. The van der Waals surface area contributed by atoms with Crippen molar-refractivity contribution in [3.8, 4) is 89.3 Å². The van der Waals surface area contributed by atoms with Crippen molar-refractivity contribution in [2.75, 3.05) is 9.80 Å². The van der Waals surface area contributed by atoms with Gasteiger partial charge in [-0.25, -0.2) is 0 Å². The minimum Gasteiger partial charge on any atom is -0.310 e. The molecule has 2 aliphatic heterocycles. The molecule has 614 valence electrons. The van der Waals surface area contributed by atoms with Crippen molar-refractivity contribution < 1.29 is 21.9 Å². The number of fused-ring (bicyclic) bond motifs is 10. The Bertz CT molecular complexity index is 7680. The van der Waals surface area contributed by atoms with E-state index in [4.69, 9.17) is 0 Å². The van der Waals surface area contributed by atoms with Crippen LogP contribution < -0.4 is 26.2 Å². The summed E-state index contributed by atoms with van der Waals surface area (Å²) in [7, 11) is 0. The minimum absolute atomic E-state index is 0.0615. The van der Waals surface area contributed by atoms with Crippen LogP contribution in [0, 0.1) is 0 Å². The fourth-order valence-electron chi connectivity index (χ4n) is 18.7. The molecule has 4 heterocycles. The first-order chi connectivity index (χ1) is 66.4. The van der Waals surface area contributed by atoms with Crippen LogP contribution in [0.15, 0.2) is 345 Å². The molecule has 0 bridgehead atoms. The zero-order valence-electron chi connectivity index (χ0n) is 90.5. The molecule has 5 heteroatoms. The van der Waals surface area contributed by atoms with Crippen molar-refractivity contribution in [2.24, 2.45) is 0 Å². The fraction of sp³-hybridized carbons (Fsp3) is 0.200. The lowest BCUT2D eigenvalue weighted by Gasteiger charge is -2.46. The Kier molecular flexibility index (Phi) is 15.2. The molecule has 0 saturated heterocycles. The van der Waals surface area contributed by atoms with Crippen molar-refractivity contribution in [3.05, 3.63) is 379 Å². The highest BCUT2D eigenvalue weighted by Crippen LogP contribution is 2.57. The molecule has 16 aromatic carbocycles. The molecule has 20 rings (SSSR count). The lowest BCUT2D eigenvalue weighted by Crippen LogP contribution is -2.61. The molecule has 0 saturated carbocycles. The lowest BCUT2D eigenvalue weighted by molar-refractivity contribution is 0.568. The van der Waals surface area contributed by atoms with Gasteiger partial charge in [0.25, 0.3) is 6.71 Å². The van der Waals surface area contributed by atoms with Gasteiger partial charge in [0.2, 0.25) is 0 Å². The van der Waals surface area contributed by atoms with Gasteiger partial charge in [0.05, 0.1) is 55.4 Å². The molecule has 18 aromatic rings. The first kappa shape index (κ1) is 63.7. The third-order valence-electron chi connectivity index (χ3n) is 25.6. The second-order valence-electron chi connectivity index (χ2n) is 40.3. The summed E-state index contributed by atoms with van der Waals surface area (Å²) in [5, 5.41) is -0.328. The molecule has 0 N–H and O–H groups in total. The van der Waals surface area contributed by atoms with Crippen LogP contribution >= 0.6 is 0 Å². The van der Waals surface area contributed by atoms with E-state index in [1.165, 1.54) is 22.3 Å². The summed E-state index contributed by atoms with van der Waals surface area (Å²) >= 11 is 0. The van der Waals surface area contributed by atoms with Crippen LogP contribution in [0.3, 0.4) is 0 Å². The summed E-state index contributed by atoms with van der Waals surface area (Å²) in [5.74, 6) is 0. The third-order valence-corrected chi connectivity index (χ3v) is 25.6. The first-order valence-electron chi connectivity index (χ1n) is 51.6. The number of hydrogen-bond donors (Lipinski definition) is 0. The zero-order chi connectivity index (χ0) is 101. The average molecular weight is 1640 g/mol. The Hall–Kier alpha value is -13.2. The van der Waals surface area contributed by atoms with Crippen LogP contribution in [0.2, 0.25) is 0 Å². The van der Waals surface area contributed by atoms with Crippen molar-refractivity contribution >= 4 is 101 Å². The normalized spacial score (nSPS) is 14.9. The summed E-state index contributed by atoms with van der Waals surface area (Å²) in [6.07, 6.45) is 0. The maximum absolute atomic E-state index is 10.1. The highest BCUT2D eigenvalue weighted by molar-refractivity contribution is 7.00. The number of rotatable bonds is 11. The highest BCUT2D eigenvalue weighted by Gasteiger charge is 2.47. The summed E-state index contributed by atoms with van der Waals surface area (Å²) in [5.41, 5.74) is 24.1. The molecule has 0 radical (unpaired) electrons. The third kappa shape index (κ3) is 14.1. The SMILES string of the molecule is [2H]c1c([2H])c([2H])c2c(c1[2H])c1c([2H])c([2H])c([2H])c([2H])c1n2-c1ccc2c(c1)N(c1c(-c3ccccc3)cc(C(C)(C)C)cc1-c1cccc(-c3cc(C(C)(C)C)cc(C(C)(C)C)c3)c1)c1cc(-c3ccccc3)cc3c1B2c1ccc(-n2c4c([2H])c([2H])c([2H])c([2H])c4c4c([2H])c([2H])c([2H])c([2H])c42)cc1N3c1c(-c2ccccc2)cc(C(C)(C)C)cc1-c1cccc(-c2cc(C(C)(C)C)cc(C(C)(C)C)c2)c1. The maximum Gasteiger partial charge on any atom is 0.252 e. The zero-order valence-corrected chi connectivity index (χ0v) is 74.5. The number of hydrogen-bond acceptors (Lipinski definition) is 2. The number of anilines is 6. The molecule has 0 unspecified atom stereocenters. The molecular weight excluding hydrogens is 1510 g/mol. The number of benzene rings is 16. The Balaban J connectivity index is 1.02. The molecule has 0 fully saturated rings. The standard InChI is InChI=1S/C120H111BN4/c1-115(2,3)86-62-83(63-87(68-86)116(4,5)6)79-44-36-46-81(60-79)100-72-90(119(13,14)15)70-98(77-40-24-20-25-41-77)113(100)124-108-74-92(122-104-52-32-28-48-94(104)95-49-29-33-53-105(95)122)56-58-102(108)121-103-59-57-93(123-106-54-34-30-50-96(106)97-51-31-35-55-107(97)123)75-109(103)125(111-67-85(66-110(124)112(111)121)76-38-22-19-23-39-76)114-99(78-42-26-21-27-43-78)71-91(120(16,17)18)73-101(114)82-47-37-45-80(61-82)84-64-88(117(7,8)9)69-89(65-84)118(10,11)12/h19-75H,1-18H3/i28D,29D,30D,31D,32D,33D,34D,35D,48D,49D,50D,51D,52D,53D,54D,55D. The van der Waals surface area contributed by atoms with Crippen LogP contribution in [0.4, 0.5) is 34.1 Å². The number of para-hydroxylation sites is 4. The van der Waals surface area contributed by atoms with Crippen molar-refractivity contribution in [3.63, 3.8) is 0 Å². The monoisotopic (exact) mass is 1630 g/mol. The van der Waals surface area contributed by atoms with E-state index in [1.807, 2.05) is 66.7 Å². The van der Waals surface area contributed by atoms with Crippen molar-refractivity contribution in [1.29, 1.82) is 0 Å². The molecule has 2 aromatic heterocycles. The van der Waals surface area contributed by atoms with E-state index in [1.54, 1.807) is 9.13 Å². The van der Waals surface area contributed by atoms with Gasteiger partial charge in [-0.3, -0.25) is 0 Å². The molecule has 125 heavy (non-hydrogen) atoms. The van der Waals surface area contributed by atoms with Gasteiger partial charge in [-0.15, -0.1) is 0 Å². The summed E-state index contributed by atoms with van der Waals surface area (Å²) in [6, 6.07) is 80.2. The second kappa shape index (κ2) is 29.8. The van der Waals surface area contributed by atoms with E-state index in [0.717, 1.165) is 117 Å². The van der Waals surface area contributed by atoms with Crippen LogP contribution in [0.5, 0.6) is 0 Å². The Morgan fingerprint density at radius 1 is 0.224 bits per heavy atom. The van der Waals surface area contributed by atoms with Gasteiger partial charge in [-0.2, -0.15) is 0 Å². The molecule has 2 aliphatic rings. The lowest BCUT2D eigenvalue weighted by atomic mass is 9.33. The summed E-state index contributed by atoms with van der Waals surface area (Å²) in [6.45, 7) is 39.6. The van der Waals surface area contributed by atoms with Crippen LogP contribution in [-0.4, -0.2) is 15.8 Å². The van der Waals surface area contributed by atoms with E-state index in [-0.39, 0.29) is 65.3 Å². The van der Waals surface area contributed by atoms with Crippen LogP contribution in [0.25, 0.3) is 133 Å². The molecule has 0 amide bonds. The van der Waals surface area contributed by atoms with Gasteiger partial charge in [0.1, 0.15) is 0 Å². The highest BCUT2D eigenvalue weighted by atomic mass is 15.2. The Morgan fingerprint density at radius 2 is 0.496 bits per heavy atom. The maximum atomic E-state index is 10.1. The van der Waals surface area contributed by atoms with Gasteiger partial charge < -0.3 is 18.9 Å². The Morgan fingerprint density at radius 3 is 0.816 bits per heavy atom.